The predicted molar refractivity (Wildman–Crippen MR) is 216 cm³/mol. The second-order valence-corrected chi connectivity index (χ2v) is 19.1. The number of nitrogens with zero attached hydrogens (tertiary/aromatic N) is 3. The molecular formula is C42H54N6O9S. The van der Waals surface area contributed by atoms with Crippen molar-refractivity contribution in [3.05, 3.63) is 54.6 Å². The van der Waals surface area contributed by atoms with Gasteiger partial charge in [0.2, 0.25) is 27.7 Å². The number of sulfonamides is 1. The van der Waals surface area contributed by atoms with E-state index in [1.165, 1.54) is 4.90 Å². The van der Waals surface area contributed by atoms with E-state index in [-0.39, 0.29) is 31.8 Å². The highest BCUT2D eigenvalue weighted by Crippen LogP contribution is 2.48. The second kappa shape index (κ2) is 16.4. The van der Waals surface area contributed by atoms with Gasteiger partial charge in [0.15, 0.2) is 0 Å². The van der Waals surface area contributed by atoms with Gasteiger partial charge < -0.3 is 34.6 Å². The molecule has 5 atom stereocenters. The van der Waals surface area contributed by atoms with E-state index >= 15 is 0 Å². The molecule has 0 bridgehead atoms. The second-order valence-electron chi connectivity index (χ2n) is 17.1. The van der Waals surface area contributed by atoms with Gasteiger partial charge in [0.25, 0.3) is 5.91 Å². The van der Waals surface area contributed by atoms with Crippen LogP contribution in [-0.2, 0) is 29.1 Å². The predicted octanol–water partition coefficient (Wildman–Crippen LogP) is 4.14. The third-order valence-corrected chi connectivity index (χ3v) is 13.1. The van der Waals surface area contributed by atoms with Crippen LogP contribution < -0.4 is 24.8 Å². The summed E-state index contributed by atoms with van der Waals surface area (Å²) < 4.78 is 45.9. The summed E-state index contributed by atoms with van der Waals surface area (Å²) in [5.74, 6) is -1.22. The number of benzene rings is 2. The van der Waals surface area contributed by atoms with Gasteiger partial charge in [-0.2, -0.15) is 0 Å². The van der Waals surface area contributed by atoms with Crippen LogP contribution in [0, 0.1) is 5.92 Å². The van der Waals surface area contributed by atoms with E-state index in [0.717, 1.165) is 30.2 Å². The molecule has 4 amide bonds. The SMILES string of the molecule is COc1ccc2c(O[C@@H]3C[C@H]4C(=O)N[C@]5(C(=O)NS(=O)(=O)C6CC6)C[C@H]5CCCCCN(C)C[C@H](NC(=O)OC(C)(C)C)C(=O)N4C3)nc(-c3ccccc3)cc2c1. The van der Waals surface area contributed by atoms with Crippen LogP contribution in [0.15, 0.2) is 54.6 Å². The van der Waals surface area contributed by atoms with Crippen LogP contribution >= 0.6 is 0 Å². The lowest BCUT2D eigenvalue weighted by Crippen LogP contribution is -2.59. The molecule has 58 heavy (non-hydrogen) atoms. The van der Waals surface area contributed by atoms with Gasteiger partial charge in [-0.05, 0) is 102 Å². The average molecular weight is 819 g/mol. The van der Waals surface area contributed by atoms with E-state index in [1.54, 1.807) is 33.9 Å². The molecule has 2 aliphatic heterocycles. The summed E-state index contributed by atoms with van der Waals surface area (Å²) in [6.45, 7) is 5.92. The summed E-state index contributed by atoms with van der Waals surface area (Å²) in [6, 6.07) is 14.9. The number of hydrogen-bond donors (Lipinski definition) is 3. The van der Waals surface area contributed by atoms with Crippen molar-refractivity contribution in [1.29, 1.82) is 0 Å². The molecule has 312 valence electrons. The quantitative estimate of drug-likeness (QED) is 0.297. The number of amides is 4. The summed E-state index contributed by atoms with van der Waals surface area (Å²) in [5, 5.41) is 6.59. The smallest absolute Gasteiger partial charge is 0.408 e. The first kappa shape index (κ1) is 41.2. The maximum Gasteiger partial charge on any atom is 0.408 e. The van der Waals surface area contributed by atoms with Crippen molar-refractivity contribution in [2.24, 2.45) is 5.92 Å². The number of nitrogens with one attached hydrogen (secondary N) is 3. The molecule has 2 aliphatic carbocycles. The topological polar surface area (TPSA) is 186 Å². The highest BCUT2D eigenvalue weighted by Gasteiger charge is 2.62. The minimum atomic E-state index is -3.89. The van der Waals surface area contributed by atoms with Crippen molar-refractivity contribution in [2.75, 3.05) is 33.8 Å². The lowest BCUT2D eigenvalue weighted by atomic mass is 10.1. The van der Waals surface area contributed by atoms with Gasteiger partial charge in [0.1, 0.15) is 35.1 Å². The van der Waals surface area contributed by atoms with Gasteiger partial charge in [-0.25, -0.2) is 18.2 Å². The Balaban J connectivity index is 1.23. The summed E-state index contributed by atoms with van der Waals surface area (Å²) in [6.07, 6.45) is 2.73. The highest BCUT2D eigenvalue weighted by molar-refractivity contribution is 7.91. The van der Waals surface area contributed by atoms with Crippen molar-refractivity contribution in [2.45, 2.75) is 107 Å². The molecule has 1 aromatic heterocycles. The first-order valence-corrected chi connectivity index (χ1v) is 21.7. The molecule has 16 heteroatoms. The summed E-state index contributed by atoms with van der Waals surface area (Å²) >= 11 is 0. The number of carbonyl (C=O) groups is 4. The Morgan fingerprint density at radius 2 is 1.74 bits per heavy atom. The van der Waals surface area contributed by atoms with Gasteiger partial charge in [0.05, 0.1) is 24.6 Å². The zero-order chi connectivity index (χ0) is 41.4. The summed E-state index contributed by atoms with van der Waals surface area (Å²) in [5.41, 5.74) is -0.766. The lowest BCUT2D eigenvalue weighted by molar-refractivity contribution is -0.141. The molecule has 0 spiro atoms. The van der Waals surface area contributed by atoms with Crippen molar-refractivity contribution in [1.82, 2.24) is 30.1 Å². The third kappa shape index (κ3) is 9.33. The molecule has 3 heterocycles. The van der Waals surface area contributed by atoms with Gasteiger partial charge in [-0.15, -0.1) is 0 Å². The molecule has 0 unspecified atom stereocenters. The number of carbonyl (C=O) groups excluding carboxylic acids is 4. The van der Waals surface area contributed by atoms with Crippen molar-refractivity contribution in [3.63, 3.8) is 0 Å². The van der Waals surface area contributed by atoms with Crippen LogP contribution in [0.2, 0.25) is 0 Å². The van der Waals surface area contributed by atoms with Gasteiger partial charge in [-0.3, -0.25) is 19.1 Å². The maximum atomic E-state index is 14.8. The zero-order valence-electron chi connectivity index (χ0n) is 33.8. The van der Waals surface area contributed by atoms with Gasteiger partial charge in [-0.1, -0.05) is 43.2 Å². The maximum absolute atomic E-state index is 14.8. The van der Waals surface area contributed by atoms with Crippen LogP contribution in [0.5, 0.6) is 11.6 Å². The first-order chi connectivity index (χ1) is 27.5. The fourth-order valence-corrected chi connectivity index (χ4v) is 9.41. The Morgan fingerprint density at radius 3 is 2.45 bits per heavy atom. The molecular weight excluding hydrogens is 765 g/mol. The Labute approximate surface area is 339 Å². The number of hydrogen-bond acceptors (Lipinski definition) is 11. The van der Waals surface area contributed by atoms with Crippen LogP contribution in [-0.4, -0.2) is 115 Å². The molecule has 4 aliphatic rings. The normalized spacial score (nSPS) is 26.0. The number of aromatic nitrogens is 1. The van der Waals surface area contributed by atoms with Crippen LogP contribution in [0.3, 0.4) is 0 Å². The molecule has 15 nitrogen and oxygen atoms in total. The van der Waals surface area contributed by atoms with E-state index in [9.17, 15) is 27.6 Å². The largest absolute Gasteiger partial charge is 0.497 e. The fourth-order valence-electron chi connectivity index (χ4n) is 8.05. The van der Waals surface area contributed by atoms with Crippen LogP contribution in [0.4, 0.5) is 4.79 Å². The minimum absolute atomic E-state index is 0.0319. The lowest BCUT2D eigenvalue weighted by Gasteiger charge is -2.32. The zero-order valence-corrected chi connectivity index (χ0v) is 34.6. The molecule has 4 fully saturated rings. The van der Waals surface area contributed by atoms with Crippen molar-refractivity contribution >= 4 is 44.6 Å². The third-order valence-electron chi connectivity index (χ3n) is 11.3. The Kier molecular flexibility index (Phi) is 11.6. The Morgan fingerprint density at radius 1 is 0.983 bits per heavy atom. The highest BCUT2D eigenvalue weighted by atomic mass is 32.2. The molecule has 3 aromatic rings. The van der Waals surface area contributed by atoms with E-state index in [2.05, 4.69) is 15.4 Å². The Bertz CT molecular complexity index is 2160. The van der Waals surface area contributed by atoms with Gasteiger partial charge >= 0.3 is 6.09 Å². The van der Waals surface area contributed by atoms with Crippen molar-refractivity contribution < 1.29 is 41.8 Å². The van der Waals surface area contributed by atoms with Crippen LogP contribution in [0.25, 0.3) is 22.0 Å². The molecule has 2 aromatic carbocycles. The monoisotopic (exact) mass is 818 g/mol. The number of pyridine rings is 1. The number of likely N-dealkylation sites (N-methyl/N-ethyl adjacent to an activating group) is 1. The number of methoxy groups -OCH3 is 1. The standard InChI is InChI=1S/C42H54N6O9S/c1-41(2,3)57-40(52)44-34-25-47(4)19-11-7-10-14-28-23-42(28,39(51)46-58(53,54)31-16-17-31)45-36(49)35-22-30(24-48(35)38(34)50)56-37-32-18-15-29(55-5)20-27(32)21-33(43-37)26-12-8-6-9-13-26/h6,8-9,12-13,15,18,20-21,28,30-31,34-35H,7,10-11,14,16-17,19,22-25H2,1-5H3,(H,44,52)(H,45,49)(H,46,51)/t28-,30-,34+,35+,42-/m1/s1. The summed E-state index contributed by atoms with van der Waals surface area (Å²) in [7, 11) is -0.431. The minimum Gasteiger partial charge on any atom is -0.497 e. The molecule has 3 N–H and O–H groups in total. The van der Waals surface area contributed by atoms with Crippen LogP contribution in [0.1, 0.15) is 72.1 Å². The number of rotatable bonds is 8. The van der Waals surface area contributed by atoms with E-state index in [4.69, 9.17) is 19.2 Å². The number of ether oxygens (including phenoxy) is 3. The van der Waals surface area contributed by atoms with E-state index < -0.39 is 68.4 Å². The van der Waals surface area contributed by atoms with E-state index in [0.29, 0.717) is 48.5 Å². The fraction of sp³-hybridized carbons (Fsp3) is 0.548. The Hall–Kier alpha value is -4.96. The molecule has 0 radical (unpaired) electrons. The molecule has 2 saturated heterocycles. The van der Waals surface area contributed by atoms with E-state index in [1.807, 2.05) is 60.5 Å². The van der Waals surface area contributed by atoms with Gasteiger partial charge in [0, 0.05) is 23.9 Å². The number of alkyl carbamates (subject to hydrolysis) is 1. The van der Waals surface area contributed by atoms with Crippen molar-refractivity contribution in [3.8, 4) is 22.9 Å². The number of fused-ring (bicyclic) bond motifs is 3. The first-order valence-electron chi connectivity index (χ1n) is 20.1. The summed E-state index contributed by atoms with van der Waals surface area (Å²) in [4.78, 5) is 64.7. The molecule has 2 saturated carbocycles. The average Bonchev–Trinajstić information content (AvgIpc) is 4.10. The molecule has 7 rings (SSSR count).